The molecule has 2 N–H and O–H groups in total. The molecule has 0 aliphatic heterocycles. The van der Waals surface area contributed by atoms with Crippen LogP contribution in [0.15, 0.2) is 0 Å². The molecule has 9 heavy (non-hydrogen) atoms. The van der Waals surface area contributed by atoms with E-state index in [4.69, 9.17) is 10.2 Å². The van der Waals surface area contributed by atoms with Gasteiger partial charge in [0.25, 0.3) is 0 Å². The summed E-state index contributed by atoms with van der Waals surface area (Å²) in [5, 5.41) is 0. The van der Waals surface area contributed by atoms with E-state index in [0.29, 0.717) is 12.5 Å². The summed E-state index contributed by atoms with van der Waals surface area (Å²) in [5.74, 6) is 0.454. The fraction of sp³-hybridized carbons (Fsp3) is 1.00. The smallest absolute Gasteiger partial charge is 0.146 e. The lowest BCUT2D eigenvalue weighted by Crippen LogP contribution is -2.36. The molecule has 0 saturated carbocycles. The van der Waals surface area contributed by atoms with Gasteiger partial charge >= 0.3 is 0 Å². The van der Waals surface area contributed by atoms with Crippen molar-refractivity contribution in [1.29, 1.82) is 0 Å². The Morgan fingerprint density at radius 2 is 2.11 bits per heavy atom. The summed E-state index contributed by atoms with van der Waals surface area (Å²) in [6, 6.07) is 0. The van der Waals surface area contributed by atoms with Crippen LogP contribution in [0.4, 0.5) is 0 Å². The summed E-state index contributed by atoms with van der Waals surface area (Å²) >= 11 is 0. The van der Waals surface area contributed by atoms with Crippen LogP contribution in [-0.4, -0.2) is 22.6 Å². The van der Waals surface area contributed by atoms with Crippen LogP contribution in [0, 0.1) is 5.92 Å². The maximum atomic E-state index is 5.47. The van der Waals surface area contributed by atoms with Crippen LogP contribution in [0.3, 0.4) is 0 Å². The lowest BCUT2D eigenvalue weighted by Gasteiger charge is -2.29. The Morgan fingerprint density at radius 1 is 1.67 bits per heavy atom. The largest absolute Gasteiger partial charge is 0.423 e. The van der Waals surface area contributed by atoms with Crippen LogP contribution in [-0.2, 0) is 4.43 Å². The quantitative estimate of drug-likeness (QED) is 0.554. The average Bonchev–Trinajstić information content (AvgIpc) is 1.86. The van der Waals surface area contributed by atoms with Crippen molar-refractivity contribution in [3.63, 3.8) is 0 Å². The third-order valence-corrected chi connectivity index (χ3v) is 3.12. The summed E-state index contributed by atoms with van der Waals surface area (Å²) in [4.78, 5) is 0. The molecule has 0 spiro atoms. The van der Waals surface area contributed by atoms with Crippen molar-refractivity contribution >= 4 is 10.5 Å². The van der Waals surface area contributed by atoms with Gasteiger partial charge in [-0.3, -0.25) is 0 Å². The standard InChI is InChI=1S/C6H17NOSi/c1-5(4-7)6(2,3)8-9/h5H,4,7H2,1-3,9H3. The van der Waals surface area contributed by atoms with Crippen molar-refractivity contribution in [2.75, 3.05) is 6.54 Å². The summed E-state index contributed by atoms with van der Waals surface area (Å²) in [6.07, 6.45) is 0. The normalized spacial score (nSPS) is 16.0. The van der Waals surface area contributed by atoms with Gasteiger partial charge in [0, 0.05) is 0 Å². The summed E-state index contributed by atoms with van der Waals surface area (Å²) < 4.78 is 5.35. The van der Waals surface area contributed by atoms with Crippen molar-refractivity contribution in [3.8, 4) is 0 Å². The predicted octanol–water partition coefficient (Wildman–Crippen LogP) is -0.343. The molecule has 0 saturated heterocycles. The van der Waals surface area contributed by atoms with Crippen LogP contribution in [0.2, 0.25) is 0 Å². The first-order chi connectivity index (χ1) is 4.04. The molecule has 0 aliphatic rings. The first-order valence-corrected chi connectivity index (χ1v) is 4.11. The molecule has 0 amide bonds. The van der Waals surface area contributed by atoms with E-state index in [0.717, 1.165) is 10.5 Å². The molecule has 3 heteroatoms. The minimum absolute atomic E-state index is 0.0129. The van der Waals surface area contributed by atoms with Crippen molar-refractivity contribution in [1.82, 2.24) is 0 Å². The van der Waals surface area contributed by atoms with Gasteiger partial charge in [0.05, 0.1) is 5.60 Å². The van der Waals surface area contributed by atoms with Gasteiger partial charge in [-0.2, -0.15) is 0 Å². The fourth-order valence-corrected chi connectivity index (χ4v) is 0.887. The Balaban J connectivity index is 3.80. The van der Waals surface area contributed by atoms with Crippen LogP contribution < -0.4 is 5.73 Å². The molecular weight excluding hydrogens is 130 g/mol. The average molecular weight is 147 g/mol. The number of nitrogens with two attached hydrogens (primary N) is 1. The maximum absolute atomic E-state index is 5.47. The first kappa shape index (κ1) is 9.14. The van der Waals surface area contributed by atoms with Gasteiger partial charge in [-0.15, -0.1) is 0 Å². The second-order valence-corrected chi connectivity index (χ2v) is 3.35. The monoisotopic (exact) mass is 147 g/mol. The van der Waals surface area contributed by atoms with Gasteiger partial charge < -0.3 is 10.2 Å². The molecule has 56 valence electrons. The zero-order valence-corrected chi connectivity index (χ0v) is 8.77. The second-order valence-electron chi connectivity index (χ2n) is 2.94. The molecule has 2 nitrogen and oxygen atoms in total. The van der Waals surface area contributed by atoms with E-state index in [-0.39, 0.29) is 5.60 Å². The Bertz CT molecular complexity index is 85.1. The molecule has 1 unspecified atom stereocenters. The fourth-order valence-electron chi connectivity index (χ4n) is 0.485. The van der Waals surface area contributed by atoms with E-state index in [1.54, 1.807) is 0 Å². The van der Waals surface area contributed by atoms with E-state index >= 15 is 0 Å². The highest BCUT2D eigenvalue weighted by Gasteiger charge is 2.22. The van der Waals surface area contributed by atoms with Gasteiger partial charge in [-0.05, 0) is 26.3 Å². The predicted molar refractivity (Wildman–Crippen MR) is 43.3 cm³/mol. The molecule has 0 bridgehead atoms. The van der Waals surface area contributed by atoms with E-state index < -0.39 is 0 Å². The zero-order valence-electron chi connectivity index (χ0n) is 6.77. The lowest BCUT2D eigenvalue weighted by molar-refractivity contribution is 0.0659. The third-order valence-electron chi connectivity index (χ3n) is 2.07. The minimum Gasteiger partial charge on any atom is -0.423 e. The number of rotatable bonds is 3. The lowest BCUT2D eigenvalue weighted by atomic mass is 9.93. The van der Waals surface area contributed by atoms with Gasteiger partial charge in [0.1, 0.15) is 10.5 Å². The SMILES string of the molecule is CC(CN)C(C)(C)O[SiH3]. The van der Waals surface area contributed by atoms with Crippen LogP contribution in [0.5, 0.6) is 0 Å². The van der Waals surface area contributed by atoms with Crippen molar-refractivity contribution < 1.29 is 4.43 Å². The molecule has 0 aliphatic carbocycles. The molecule has 1 atom stereocenters. The Hall–Kier alpha value is 0.137. The van der Waals surface area contributed by atoms with E-state index in [1.807, 2.05) is 0 Å². The number of hydrogen-bond donors (Lipinski definition) is 1. The van der Waals surface area contributed by atoms with Gasteiger partial charge in [-0.25, -0.2) is 0 Å². The molecule has 0 aromatic rings. The molecular formula is C6H17NOSi. The molecule has 0 aromatic carbocycles. The number of hydrogen-bond acceptors (Lipinski definition) is 2. The first-order valence-electron chi connectivity index (χ1n) is 3.29. The van der Waals surface area contributed by atoms with Crippen molar-refractivity contribution in [2.24, 2.45) is 11.7 Å². The molecule has 0 heterocycles. The van der Waals surface area contributed by atoms with Crippen molar-refractivity contribution in [2.45, 2.75) is 26.4 Å². The molecule has 0 aromatic heterocycles. The van der Waals surface area contributed by atoms with Gasteiger partial charge in [-0.1, -0.05) is 6.92 Å². The molecule has 0 radical (unpaired) electrons. The molecule has 0 fully saturated rings. The van der Waals surface area contributed by atoms with Crippen LogP contribution in [0.25, 0.3) is 0 Å². The topological polar surface area (TPSA) is 35.2 Å². The highest BCUT2D eigenvalue weighted by Crippen LogP contribution is 2.17. The highest BCUT2D eigenvalue weighted by molar-refractivity contribution is 5.98. The summed E-state index contributed by atoms with van der Waals surface area (Å²) in [7, 11) is 0.794. The Morgan fingerprint density at radius 3 is 2.22 bits per heavy atom. The van der Waals surface area contributed by atoms with Crippen LogP contribution >= 0.6 is 0 Å². The van der Waals surface area contributed by atoms with Crippen LogP contribution in [0.1, 0.15) is 20.8 Å². The second kappa shape index (κ2) is 3.34. The van der Waals surface area contributed by atoms with Gasteiger partial charge in [0.15, 0.2) is 0 Å². The van der Waals surface area contributed by atoms with E-state index in [2.05, 4.69) is 20.8 Å². The summed E-state index contributed by atoms with van der Waals surface area (Å²) in [5.41, 5.74) is 5.46. The summed E-state index contributed by atoms with van der Waals surface area (Å²) in [6.45, 7) is 6.97. The Labute approximate surface area is 60.3 Å². The minimum atomic E-state index is -0.0129. The Kier molecular flexibility index (Phi) is 3.39. The zero-order chi connectivity index (χ0) is 7.49. The van der Waals surface area contributed by atoms with Crippen molar-refractivity contribution in [3.05, 3.63) is 0 Å². The van der Waals surface area contributed by atoms with Gasteiger partial charge in [0.2, 0.25) is 0 Å². The van der Waals surface area contributed by atoms with E-state index in [1.165, 1.54) is 0 Å². The third kappa shape index (κ3) is 2.47. The maximum Gasteiger partial charge on any atom is 0.146 e. The van der Waals surface area contributed by atoms with E-state index in [9.17, 15) is 0 Å². The highest BCUT2D eigenvalue weighted by atomic mass is 28.2. The molecule has 0 rings (SSSR count).